The van der Waals surface area contributed by atoms with Crippen LogP contribution in [0.25, 0.3) is 0 Å². The molecule has 2 aromatic carbocycles. The summed E-state index contributed by atoms with van der Waals surface area (Å²) in [6, 6.07) is 15.8. The van der Waals surface area contributed by atoms with Gasteiger partial charge in [-0.1, -0.05) is 23.7 Å². The number of nitriles is 2. The molecule has 2 aromatic rings. The summed E-state index contributed by atoms with van der Waals surface area (Å²) in [4.78, 5) is 11.5. The molecule has 23 heavy (non-hydrogen) atoms. The van der Waals surface area contributed by atoms with Gasteiger partial charge in [-0.2, -0.15) is 10.5 Å². The second-order valence-electron chi connectivity index (χ2n) is 5.22. The molecule has 1 N–H and O–H groups in total. The maximum Gasteiger partial charge on any atom is 0.307 e. The summed E-state index contributed by atoms with van der Waals surface area (Å²) in [6.45, 7) is 0. The lowest BCUT2D eigenvalue weighted by Gasteiger charge is -2.13. The van der Waals surface area contributed by atoms with E-state index < -0.39 is 11.9 Å². The van der Waals surface area contributed by atoms with Gasteiger partial charge in [-0.05, 0) is 54.3 Å². The van der Waals surface area contributed by atoms with Gasteiger partial charge in [0.05, 0.1) is 29.2 Å². The Labute approximate surface area is 139 Å². The van der Waals surface area contributed by atoms with Crippen LogP contribution in [0.5, 0.6) is 0 Å². The molecule has 0 saturated heterocycles. The molecule has 2 rings (SSSR count). The van der Waals surface area contributed by atoms with Crippen molar-refractivity contribution in [1.29, 1.82) is 10.5 Å². The SMILES string of the molecule is N#Cc1cccc(CC(Cc2cc(Cl)cc(C#N)c2)C(=O)O)c1. The Morgan fingerprint density at radius 3 is 2.35 bits per heavy atom. The molecule has 0 aromatic heterocycles. The van der Waals surface area contributed by atoms with Crippen LogP contribution < -0.4 is 0 Å². The van der Waals surface area contributed by atoms with Gasteiger partial charge < -0.3 is 5.11 Å². The van der Waals surface area contributed by atoms with Crippen LogP contribution in [0.2, 0.25) is 5.02 Å². The van der Waals surface area contributed by atoms with Gasteiger partial charge in [-0.25, -0.2) is 0 Å². The van der Waals surface area contributed by atoms with Crippen molar-refractivity contribution in [1.82, 2.24) is 0 Å². The van der Waals surface area contributed by atoms with Crippen molar-refractivity contribution < 1.29 is 9.90 Å². The smallest absolute Gasteiger partial charge is 0.307 e. The molecule has 0 aliphatic rings. The first-order chi connectivity index (χ1) is 11.0. The Bertz CT molecular complexity index is 819. The summed E-state index contributed by atoms with van der Waals surface area (Å²) in [7, 11) is 0. The number of carboxylic acids is 1. The number of hydrogen-bond acceptors (Lipinski definition) is 3. The highest BCUT2D eigenvalue weighted by Crippen LogP contribution is 2.20. The van der Waals surface area contributed by atoms with E-state index in [9.17, 15) is 9.90 Å². The van der Waals surface area contributed by atoms with Gasteiger partial charge in [0, 0.05) is 5.02 Å². The van der Waals surface area contributed by atoms with E-state index in [0.29, 0.717) is 28.1 Å². The minimum atomic E-state index is -0.925. The Balaban J connectivity index is 2.23. The molecule has 0 spiro atoms. The molecule has 0 bridgehead atoms. The molecule has 114 valence electrons. The predicted molar refractivity (Wildman–Crippen MR) is 85.9 cm³/mol. The van der Waals surface area contributed by atoms with Crippen LogP contribution in [0, 0.1) is 28.6 Å². The second kappa shape index (κ2) is 7.45. The van der Waals surface area contributed by atoms with Crippen molar-refractivity contribution in [2.24, 2.45) is 5.92 Å². The van der Waals surface area contributed by atoms with Crippen molar-refractivity contribution in [3.05, 3.63) is 69.7 Å². The van der Waals surface area contributed by atoms with E-state index in [-0.39, 0.29) is 6.42 Å². The van der Waals surface area contributed by atoms with Gasteiger partial charge in [0.15, 0.2) is 0 Å². The molecule has 0 amide bonds. The summed E-state index contributed by atoms with van der Waals surface area (Å²) in [5, 5.41) is 27.8. The normalized spacial score (nSPS) is 11.3. The number of carbonyl (C=O) groups is 1. The molecule has 0 saturated carbocycles. The van der Waals surface area contributed by atoms with Crippen LogP contribution >= 0.6 is 11.6 Å². The lowest BCUT2D eigenvalue weighted by atomic mass is 9.91. The quantitative estimate of drug-likeness (QED) is 0.911. The molecule has 0 fully saturated rings. The predicted octanol–water partition coefficient (Wildman–Crippen LogP) is 3.57. The van der Waals surface area contributed by atoms with Crippen LogP contribution in [0.1, 0.15) is 22.3 Å². The van der Waals surface area contributed by atoms with Crippen LogP contribution in [0.4, 0.5) is 0 Å². The van der Waals surface area contributed by atoms with Gasteiger partial charge in [0.2, 0.25) is 0 Å². The standard InChI is InChI=1S/C18H13ClN2O2/c19-17-8-14(5-15(9-17)11-21)7-16(18(22)23)6-12-2-1-3-13(4-12)10-20/h1-5,8-9,16H,6-7H2,(H,22,23). The molecule has 0 radical (unpaired) electrons. The zero-order valence-electron chi connectivity index (χ0n) is 12.2. The molecule has 0 heterocycles. The first kappa shape index (κ1) is 16.5. The molecule has 4 nitrogen and oxygen atoms in total. The molecular formula is C18H13ClN2O2. The van der Waals surface area contributed by atoms with Gasteiger partial charge in [0.1, 0.15) is 0 Å². The zero-order valence-corrected chi connectivity index (χ0v) is 12.9. The van der Waals surface area contributed by atoms with E-state index >= 15 is 0 Å². The molecular weight excluding hydrogens is 312 g/mol. The number of rotatable bonds is 5. The Morgan fingerprint density at radius 1 is 1.04 bits per heavy atom. The van der Waals surface area contributed by atoms with E-state index in [2.05, 4.69) is 0 Å². The maximum atomic E-state index is 11.5. The highest BCUT2D eigenvalue weighted by Gasteiger charge is 2.19. The molecule has 0 aliphatic heterocycles. The topological polar surface area (TPSA) is 84.9 Å². The van der Waals surface area contributed by atoms with Crippen LogP contribution in [0.15, 0.2) is 42.5 Å². The maximum absolute atomic E-state index is 11.5. The van der Waals surface area contributed by atoms with Gasteiger partial charge >= 0.3 is 5.97 Å². The number of nitrogens with zero attached hydrogens (tertiary/aromatic N) is 2. The van der Waals surface area contributed by atoms with E-state index in [1.165, 1.54) is 6.07 Å². The van der Waals surface area contributed by atoms with E-state index in [4.69, 9.17) is 22.1 Å². The highest BCUT2D eigenvalue weighted by molar-refractivity contribution is 6.30. The monoisotopic (exact) mass is 324 g/mol. The zero-order chi connectivity index (χ0) is 16.8. The van der Waals surface area contributed by atoms with Crippen molar-refractivity contribution in [2.45, 2.75) is 12.8 Å². The molecule has 5 heteroatoms. The summed E-state index contributed by atoms with van der Waals surface area (Å²) >= 11 is 5.96. The average Bonchev–Trinajstić information content (AvgIpc) is 2.53. The molecule has 1 unspecified atom stereocenters. The van der Waals surface area contributed by atoms with E-state index in [1.54, 1.807) is 36.4 Å². The van der Waals surface area contributed by atoms with E-state index in [0.717, 1.165) is 5.56 Å². The number of benzene rings is 2. The van der Waals surface area contributed by atoms with Crippen molar-refractivity contribution in [3.8, 4) is 12.1 Å². The minimum absolute atomic E-state index is 0.265. The fourth-order valence-corrected chi connectivity index (χ4v) is 2.67. The summed E-state index contributed by atoms with van der Waals surface area (Å²) in [6.07, 6.45) is 0.570. The third kappa shape index (κ3) is 4.57. The lowest BCUT2D eigenvalue weighted by Crippen LogP contribution is -2.19. The molecule has 1 atom stereocenters. The average molecular weight is 325 g/mol. The van der Waals surface area contributed by atoms with Crippen molar-refractivity contribution in [2.75, 3.05) is 0 Å². The fourth-order valence-electron chi connectivity index (χ4n) is 2.42. The first-order valence-electron chi connectivity index (χ1n) is 6.93. The second-order valence-corrected chi connectivity index (χ2v) is 5.65. The lowest BCUT2D eigenvalue weighted by molar-refractivity contribution is -0.141. The number of hydrogen-bond donors (Lipinski definition) is 1. The minimum Gasteiger partial charge on any atom is -0.481 e. The van der Waals surface area contributed by atoms with Crippen LogP contribution in [0.3, 0.4) is 0 Å². The van der Waals surface area contributed by atoms with Crippen LogP contribution in [-0.2, 0) is 17.6 Å². The summed E-state index contributed by atoms with van der Waals surface area (Å²) < 4.78 is 0. The fraction of sp³-hybridized carbons (Fsp3) is 0.167. The largest absolute Gasteiger partial charge is 0.481 e. The number of aliphatic carboxylic acids is 1. The Hall–Kier alpha value is -2.82. The summed E-state index contributed by atoms with van der Waals surface area (Å²) in [5.41, 5.74) is 2.40. The Morgan fingerprint density at radius 2 is 1.70 bits per heavy atom. The van der Waals surface area contributed by atoms with E-state index in [1.807, 2.05) is 12.1 Å². The number of halogens is 1. The third-order valence-electron chi connectivity index (χ3n) is 3.46. The van der Waals surface area contributed by atoms with Crippen LogP contribution in [-0.4, -0.2) is 11.1 Å². The van der Waals surface area contributed by atoms with Crippen molar-refractivity contribution in [3.63, 3.8) is 0 Å². The van der Waals surface area contributed by atoms with Gasteiger partial charge in [-0.3, -0.25) is 4.79 Å². The number of carboxylic acid groups (broad SMARTS) is 1. The Kier molecular flexibility index (Phi) is 5.36. The molecule has 0 aliphatic carbocycles. The van der Waals surface area contributed by atoms with Gasteiger partial charge in [-0.15, -0.1) is 0 Å². The highest BCUT2D eigenvalue weighted by atomic mass is 35.5. The first-order valence-corrected chi connectivity index (χ1v) is 7.31. The summed E-state index contributed by atoms with van der Waals surface area (Å²) in [5.74, 6) is -1.58. The van der Waals surface area contributed by atoms with Crippen molar-refractivity contribution >= 4 is 17.6 Å². The third-order valence-corrected chi connectivity index (χ3v) is 3.67. The van der Waals surface area contributed by atoms with Gasteiger partial charge in [0.25, 0.3) is 0 Å².